The number of hydrogen-bond donors (Lipinski definition) is 1. The summed E-state index contributed by atoms with van der Waals surface area (Å²) >= 11 is 0. The van der Waals surface area contributed by atoms with Crippen molar-refractivity contribution in [2.75, 3.05) is 31.7 Å². The number of sulfone groups is 1. The molecule has 1 atom stereocenters. The van der Waals surface area contributed by atoms with Crippen LogP contribution < -0.4 is 0 Å². The second-order valence-electron chi connectivity index (χ2n) is 5.50. The molecule has 1 N–H and O–H groups in total. The van der Waals surface area contributed by atoms with Gasteiger partial charge in [-0.1, -0.05) is 24.3 Å². The Kier molecular flexibility index (Phi) is 5.18. The smallest absolute Gasteiger partial charge is 0.148 e. The molecule has 0 saturated heterocycles. The van der Waals surface area contributed by atoms with Crippen molar-refractivity contribution in [1.29, 1.82) is 0 Å². The average Bonchev–Trinajstić information content (AvgIpc) is 2.82. The first-order valence-corrected chi connectivity index (χ1v) is 9.18. The summed E-state index contributed by atoms with van der Waals surface area (Å²) in [4.78, 5) is 2.21. The average molecular weight is 297 g/mol. The van der Waals surface area contributed by atoms with E-state index < -0.39 is 9.84 Å². The van der Waals surface area contributed by atoms with Gasteiger partial charge in [0.15, 0.2) is 0 Å². The van der Waals surface area contributed by atoms with Gasteiger partial charge in [-0.3, -0.25) is 4.90 Å². The zero-order valence-corrected chi connectivity index (χ0v) is 12.8. The van der Waals surface area contributed by atoms with E-state index in [1.165, 1.54) is 17.4 Å². The maximum absolute atomic E-state index is 11.4. The maximum atomic E-state index is 11.4. The predicted octanol–water partition coefficient (Wildman–Crippen LogP) is 1.40. The highest BCUT2D eigenvalue weighted by Crippen LogP contribution is 2.35. The molecular formula is C15H23NO3S. The summed E-state index contributed by atoms with van der Waals surface area (Å²) < 4.78 is 22.8. The highest BCUT2D eigenvalue weighted by Gasteiger charge is 2.27. The van der Waals surface area contributed by atoms with Crippen molar-refractivity contribution in [2.45, 2.75) is 25.3 Å². The van der Waals surface area contributed by atoms with Gasteiger partial charge in [-0.2, -0.15) is 0 Å². The van der Waals surface area contributed by atoms with Crippen molar-refractivity contribution >= 4 is 9.84 Å². The number of rotatable bonds is 7. The molecule has 1 aromatic rings. The van der Waals surface area contributed by atoms with Crippen LogP contribution >= 0.6 is 0 Å². The molecule has 0 heterocycles. The van der Waals surface area contributed by atoms with Crippen molar-refractivity contribution < 1.29 is 13.5 Å². The van der Waals surface area contributed by atoms with Gasteiger partial charge in [0.25, 0.3) is 0 Å². The van der Waals surface area contributed by atoms with Gasteiger partial charge in [0.1, 0.15) is 9.84 Å². The third-order valence-corrected chi connectivity index (χ3v) is 4.82. The van der Waals surface area contributed by atoms with Gasteiger partial charge >= 0.3 is 0 Å². The number of aryl methyl sites for hydroxylation is 1. The Labute approximate surface area is 121 Å². The summed E-state index contributed by atoms with van der Waals surface area (Å²) in [5.74, 6) is 0.178. The quantitative estimate of drug-likeness (QED) is 0.826. The van der Waals surface area contributed by atoms with E-state index >= 15 is 0 Å². The van der Waals surface area contributed by atoms with Crippen molar-refractivity contribution in [3.63, 3.8) is 0 Å². The molecule has 20 heavy (non-hydrogen) atoms. The summed E-state index contributed by atoms with van der Waals surface area (Å²) in [7, 11) is -2.96. The van der Waals surface area contributed by atoms with Crippen LogP contribution in [-0.4, -0.2) is 50.1 Å². The van der Waals surface area contributed by atoms with Crippen molar-refractivity contribution in [1.82, 2.24) is 4.90 Å². The Balaban J connectivity index is 2.11. The molecule has 0 aromatic heterocycles. The fourth-order valence-corrected chi connectivity index (χ4v) is 3.46. The van der Waals surface area contributed by atoms with E-state index in [2.05, 4.69) is 23.1 Å². The Morgan fingerprint density at radius 2 is 2.05 bits per heavy atom. The third-order valence-electron chi connectivity index (χ3n) is 3.89. The number of benzene rings is 1. The Morgan fingerprint density at radius 1 is 1.30 bits per heavy atom. The summed E-state index contributed by atoms with van der Waals surface area (Å²) in [5, 5.41) is 9.04. The van der Waals surface area contributed by atoms with Crippen LogP contribution in [-0.2, 0) is 16.3 Å². The molecule has 1 aromatic carbocycles. The zero-order valence-electron chi connectivity index (χ0n) is 12.0. The van der Waals surface area contributed by atoms with Gasteiger partial charge in [0, 0.05) is 32.0 Å². The minimum absolute atomic E-state index is 0.143. The zero-order chi connectivity index (χ0) is 14.6. The molecule has 1 unspecified atom stereocenters. The second-order valence-corrected chi connectivity index (χ2v) is 7.76. The lowest BCUT2D eigenvalue weighted by Crippen LogP contribution is -2.33. The molecule has 0 fully saturated rings. The van der Waals surface area contributed by atoms with Crippen LogP contribution in [0.25, 0.3) is 0 Å². The second kappa shape index (κ2) is 6.70. The minimum Gasteiger partial charge on any atom is -0.396 e. The maximum Gasteiger partial charge on any atom is 0.148 e. The van der Waals surface area contributed by atoms with Crippen LogP contribution in [0.5, 0.6) is 0 Å². The van der Waals surface area contributed by atoms with Crippen molar-refractivity contribution in [3.8, 4) is 0 Å². The molecule has 0 aliphatic heterocycles. The first-order chi connectivity index (χ1) is 9.51. The molecule has 0 amide bonds. The number of aliphatic hydroxyl groups excluding tert-OH is 1. The molecule has 112 valence electrons. The third kappa shape index (κ3) is 4.04. The first kappa shape index (κ1) is 15.5. The van der Waals surface area contributed by atoms with Crippen molar-refractivity contribution in [2.24, 2.45) is 0 Å². The lowest BCUT2D eigenvalue weighted by Gasteiger charge is -2.29. The van der Waals surface area contributed by atoms with E-state index in [9.17, 15) is 8.42 Å². The van der Waals surface area contributed by atoms with E-state index in [1.807, 2.05) is 6.07 Å². The molecule has 1 aliphatic rings. The fraction of sp³-hybridized carbons (Fsp3) is 0.600. The lowest BCUT2D eigenvalue weighted by molar-refractivity contribution is 0.182. The molecule has 2 rings (SSSR count). The van der Waals surface area contributed by atoms with E-state index in [4.69, 9.17) is 5.11 Å². The highest BCUT2D eigenvalue weighted by molar-refractivity contribution is 7.90. The number of hydrogen-bond acceptors (Lipinski definition) is 4. The summed E-state index contributed by atoms with van der Waals surface area (Å²) in [6, 6.07) is 8.67. The molecule has 4 nitrogen and oxygen atoms in total. The van der Waals surface area contributed by atoms with Gasteiger partial charge in [0.05, 0.1) is 5.75 Å². The fourth-order valence-electron chi connectivity index (χ4n) is 2.89. The van der Waals surface area contributed by atoms with Crippen LogP contribution in [0.2, 0.25) is 0 Å². The summed E-state index contributed by atoms with van der Waals surface area (Å²) in [5.41, 5.74) is 2.68. The van der Waals surface area contributed by atoms with Gasteiger partial charge in [-0.15, -0.1) is 0 Å². The SMILES string of the molecule is CS(=O)(=O)CCN(CCCO)C1CCc2ccccc21. The normalized spacial score (nSPS) is 18.4. The number of aliphatic hydroxyl groups is 1. The van der Waals surface area contributed by atoms with Crippen LogP contribution in [0.15, 0.2) is 24.3 Å². The van der Waals surface area contributed by atoms with E-state index in [0.29, 0.717) is 19.0 Å². The van der Waals surface area contributed by atoms with E-state index in [1.54, 1.807) is 0 Å². The molecule has 0 spiro atoms. The topological polar surface area (TPSA) is 57.6 Å². The Bertz CT molecular complexity index is 542. The Hall–Kier alpha value is -0.910. The van der Waals surface area contributed by atoms with Gasteiger partial charge in [-0.05, 0) is 30.4 Å². The first-order valence-electron chi connectivity index (χ1n) is 7.11. The minimum atomic E-state index is -2.96. The largest absolute Gasteiger partial charge is 0.396 e. The van der Waals surface area contributed by atoms with E-state index in [-0.39, 0.29) is 12.4 Å². The molecular weight excluding hydrogens is 274 g/mol. The monoisotopic (exact) mass is 297 g/mol. The van der Waals surface area contributed by atoms with Gasteiger partial charge < -0.3 is 5.11 Å². The standard InChI is InChI=1S/C15H23NO3S/c1-20(18,19)12-10-16(9-4-11-17)15-8-7-13-5-2-3-6-14(13)15/h2-3,5-6,15,17H,4,7-12H2,1H3. The molecule has 0 bridgehead atoms. The van der Waals surface area contributed by atoms with Crippen LogP contribution in [0.3, 0.4) is 0 Å². The van der Waals surface area contributed by atoms with Gasteiger partial charge in [-0.25, -0.2) is 8.42 Å². The lowest BCUT2D eigenvalue weighted by atomic mass is 10.1. The molecule has 5 heteroatoms. The predicted molar refractivity (Wildman–Crippen MR) is 80.5 cm³/mol. The van der Waals surface area contributed by atoms with Gasteiger partial charge in [0.2, 0.25) is 0 Å². The molecule has 0 saturated carbocycles. The number of fused-ring (bicyclic) bond motifs is 1. The summed E-state index contributed by atoms with van der Waals surface area (Å²) in [6.45, 7) is 1.42. The van der Waals surface area contributed by atoms with Crippen molar-refractivity contribution in [3.05, 3.63) is 35.4 Å². The van der Waals surface area contributed by atoms with Crippen LogP contribution in [0.4, 0.5) is 0 Å². The molecule has 1 aliphatic carbocycles. The summed E-state index contributed by atoms with van der Waals surface area (Å²) in [6.07, 6.45) is 4.05. The Morgan fingerprint density at radius 3 is 2.75 bits per heavy atom. The number of nitrogens with zero attached hydrogens (tertiary/aromatic N) is 1. The highest BCUT2D eigenvalue weighted by atomic mass is 32.2. The van der Waals surface area contributed by atoms with Crippen LogP contribution in [0, 0.1) is 0 Å². The van der Waals surface area contributed by atoms with Crippen LogP contribution in [0.1, 0.15) is 30.0 Å². The van der Waals surface area contributed by atoms with E-state index in [0.717, 1.165) is 19.4 Å². The molecule has 0 radical (unpaired) electrons.